The zero-order chi connectivity index (χ0) is 13.1. The second-order valence-electron chi connectivity index (χ2n) is 5.05. The normalized spacial score (nSPS) is 24.1. The monoisotopic (exact) mass is 247 g/mol. The van der Waals surface area contributed by atoms with Crippen molar-refractivity contribution in [2.24, 2.45) is 5.73 Å². The SMILES string of the molecule is Cc1cccc(C(=O)N2C(C)CCCC2CN)n1. The van der Waals surface area contributed by atoms with Gasteiger partial charge in [-0.1, -0.05) is 6.07 Å². The Morgan fingerprint density at radius 1 is 1.50 bits per heavy atom. The quantitative estimate of drug-likeness (QED) is 0.866. The Labute approximate surface area is 108 Å². The second-order valence-corrected chi connectivity index (χ2v) is 5.05. The van der Waals surface area contributed by atoms with Crippen LogP contribution in [0.4, 0.5) is 0 Å². The van der Waals surface area contributed by atoms with E-state index in [-0.39, 0.29) is 18.0 Å². The molecule has 1 fully saturated rings. The van der Waals surface area contributed by atoms with E-state index in [9.17, 15) is 4.79 Å². The van der Waals surface area contributed by atoms with Crippen molar-refractivity contribution in [1.82, 2.24) is 9.88 Å². The van der Waals surface area contributed by atoms with Crippen molar-refractivity contribution < 1.29 is 4.79 Å². The number of hydrogen-bond donors (Lipinski definition) is 1. The third kappa shape index (κ3) is 2.53. The topological polar surface area (TPSA) is 59.2 Å². The van der Waals surface area contributed by atoms with Crippen LogP contribution in [0.2, 0.25) is 0 Å². The molecule has 98 valence electrons. The number of aromatic nitrogens is 1. The number of likely N-dealkylation sites (tertiary alicyclic amines) is 1. The van der Waals surface area contributed by atoms with Crippen LogP contribution in [0.3, 0.4) is 0 Å². The number of hydrogen-bond acceptors (Lipinski definition) is 3. The highest BCUT2D eigenvalue weighted by Crippen LogP contribution is 2.24. The van der Waals surface area contributed by atoms with E-state index in [4.69, 9.17) is 5.73 Å². The highest BCUT2D eigenvalue weighted by Gasteiger charge is 2.31. The van der Waals surface area contributed by atoms with Gasteiger partial charge in [0.05, 0.1) is 0 Å². The number of piperidine rings is 1. The summed E-state index contributed by atoms with van der Waals surface area (Å²) in [4.78, 5) is 18.8. The Hall–Kier alpha value is -1.42. The van der Waals surface area contributed by atoms with Crippen molar-refractivity contribution in [2.45, 2.75) is 45.2 Å². The minimum atomic E-state index is 0.0151. The molecule has 4 nitrogen and oxygen atoms in total. The van der Waals surface area contributed by atoms with Gasteiger partial charge in [0.1, 0.15) is 5.69 Å². The Morgan fingerprint density at radius 2 is 2.28 bits per heavy atom. The molecule has 18 heavy (non-hydrogen) atoms. The number of carbonyl (C=O) groups is 1. The van der Waals surface area contributed by atoms with E-state index in [1.807, 2.05) is 24.0 Å². The summed E-state index contributed by atoms with van der Waals surface area (Å²) in [6.07, 6.45) is 3.19. The van der Waals surface area contributed by atoms with E-state index in [0.29, 0.717) is 12.2 Å². The van der Waals surface area contributed by atoms with Crippen LogP contribution in [0.15, 0.2) is 18.2 Å². The maximum Gasteiger partial charge on any atom is 0.272 e. The molecule has 2 heterocycles. The summed E-state index contributed by atoms with van der Waals surface area (Å²) in [5, 5.41) is 0. The Kier molecular flexibility index (Phi) is 3.97. The lowest BCUT2D eigenvalue weighted by molar-refractivity contribution is 0.0488. The molecule has 0 saturated carbocycles. The number of nitrogens with zero attached hydrogens (tertiary/aromatic N) is 2. The maximum atomic E-state index is 12.5. The van der Waals surface area contributed by atoms with E-state index in [1.54, 1.807) is 6.07 Å². The predicted octanol–water partition coefficient (Wildman–Crippen LogP) is 1.73. The molecule has 2 rings (SSSR count). The summed E-state index contributed by atoms with van der Waals surface area (Å²) < 4.78 is 0. The highest BCUT2D eigenvalue weighted by atomic mass is 16.2. The molecule has 0 bridgehead atoms. The van der Waals surface area contributed by atoms with Crippen molar-refractivity contribution in [3.63, 3.8) is 0 Å². The number of pyridine rings is 1. The van der Waals surface area contributed by atoms with Gasteiger partial charge in [-0.3, -0.25) is 4.79 Å². The lowest BCUT2D eigenvalue weighted by atomic mass is 9.96. The minimum absolute atomic E-state index is 0.0151. The summed E-state index contributed by atoms with van der Waals surface area (Å²) in [5.41, 5.74) is 7.19. The fourth-order valence-electron chi connectivity index (χ4n) is 2.68. The van der Waals surface area contributed by atoms with Crippen LogP contribution >= 0.6 is 0 Å². The molecule has 0 spiro atoms. The molecule has 1 amide bonds. The molecule has 2 unspecified atom stereocenters. The van der Waals surface area contributed by atoms with Gasteiger partial charge in [-0.2, -0.15) is 0 Å². The van der Waals surface area contributed by atoms with E-state index in [2.05, 4.69) is 11.9 Å². The first-order chi connectivity index (χ1) is 8.63. The molecule has 1 aromatic heterocycles. The van der Waals surface area contributed by atoms with Gasteiger partial charge in [0.2, 0.25) is 0 Å². The zero-order valence-corrected chi connectivity index (χ0v) is 11.1. The molecule has 0 aliphatic carbocycles. The summed E-state index contributed by atoms with van der Waals surface area (Å²) in [6.45, 7) is 4.52. The number of aryl methyl sites for hydroxylation is 1. The lowest BCUT2D eigenvalue weighted by Gasteiger charge is -2.40. The van der Waals surface area contributed by atoms with Gasteiger partial charge in [-0.15, -0.1) is 0 Å². The van der Waals surface area contributed by atoms with Crippen LogP contribution in [0.5, 0.6) is 0 Å². The van der Waals surface area contributed by atoms with Gasteiger partial charge >= 0.3 is 0 Å². The smallest absolute Gasteiger partial charge is 0.272 e. The van der Waals surface area contributed by atoms with Crippen LogP contribution in [0.25, 0.3) is 0 Å². The molecule has 1 aliphatic heterocycles. The summed E-state index contributed by atoms with van der Waals surface area (Å²) >= 11 is 0. The van der Waals surface area contributed by atoms with E-state index in [0.717, 1.165) is 25.0 Å². The molecule has 2 N–H and O–H groups in total. The molecule has 0 radical (unpaired) electrons. The molecule has 1 saturated heterocycles. The number of amides is 1. The van der Waals surface area contributed by atoms with Gasteiger partial charge in [0, 0.05) is 24.3 Å². The summed E-state index contributed by atoms with van der Waals surface area (Å²) in [7, 11) is 0. The fourth-order valence-corrected chi connectivity index (χ4v) is 2.68. The van der Waals surface area contributed by atoms with Crippen LogP contribution in [0.1, 0.15) is 42.4 Å². The van der Waals surface area contributed by atoms with Crippen LogP contribution in [0, 0.1) is 6.92 Å². The fraction of sp³-hybridized carbons (Fsp3) is 0.571. The van der Waals surface area contributed by atoms with Gasteiger partial charge in [-0.05, 0) is 45.2 Å². The van der Waals surface area contributed by atoms with Crippen molar-refractivity contribution in [3.8, 4) is 0 Å². The van der Waals surface area contributed by atoms with Crippen molar-refractivity contribution >= 4 is 5.91 Å². The van der Waals surface area contributed by atoms with Crippen molar-refractivity contribution in [1.29, 1.82) is 0 Å². The molecule has 1 aliphatic rings. The van der Waals surface area contributed by atoms with Gasteiger partial charge < -0.3 is 10.6 Å². The van der Waals surface area contributed by atoms with Crippen molar-refractivity contribution in [3.05, 3.63) is 29.6 Å². The first kappa shape index (κ1) is 13.0. The zero-order valence-electron chi connectivity index (χ0n) is 11.1. The lowest BCUT2D eigenvalue weighted by Crippen LogP contribution is -2.52. The van der Waals surface area contributed by atoms with Gasteiger partial charge in [-0.25, -0.2) is 4.98 Å². The molecular formula is C14H21N3O. The maximum absolute atomic E-state index is 12.5. The molecule has 4 heteroatoms. The largest absolute Gasteiger partial charge is 0.330 e. The molecule has 0 aromatic carbocycles. The average molecular weight is 247 g/mol. The van der Waals surface area contributed by atoms with Gasteiger partial charge in [0.25, 0.3) is 5.91 Å². The third-order valence-electron chi connectivity index (χ3n) is 3.64. The first-order valence-electron chi connectivity index (χ1n) is 6.60. The minimum Gasteiger partial charge on any atom is -0.330 e. The Balaban J connectivity index is 2.25. The standard InChI is InChI=1S/C14H21N3O/c1-10-5-3-8-13(16-10)14(18)17-11(2)6-4-7-12(17)9-15/h3,5,8,11-12H,4,6-7,9,15H2,1-2H3. The Bertz CT molecular complexity index is 433. The molecular weight excluding hydrogens is 226 g/mol. The number of rotatable bonds is 2. The van der Waals surface area contributed by atoms with E-state index >= 15 is 0 Å². The number of carbonyl (C=O) groups excluding carboxylic acids is 1. The van der Waals surface area contributed by atoms with Gasteiger partial charge in [0.15, 0.2) is 0 Å². The van der Waals surface area contributed by atoms with Crippen LogP contribution < -0.4 is 5.73 Å². The first-order valence-corrected chi connectivity index (χ1v) is 6.60. The van der Waals surface area contributed by atoms with Crippen molar-refractivity contribution in [2.75, 3.05) is 6.54 Å². The predicted molar refractivity (Wildman–Crippen MR) is 71.3 cm³/mol. The van der Waals surface area contributed by atoms with Crippen LogP contribution in [-0.2, 0) is 0 Å². The van der Waals surface area contributed by atoms with E-state index in [1.165, 1.54) is 0 Å². The van der Waals surface area contributed by atoms with E-state index < -0.39 is 0 Å². The summed E-state index contributed by atoms with van der Waals surface area (Å²) in [5.74, 6) is 0.0151. The highest BCUT2D eigenvalue weighted by molar-refractivity contribution is 5.92. The van der Waals surface area contributed by atoms with Crippen LogP contribution in [-0.4, -0.2) is 34.4 Å². The third-order valence-corrected chi connectivity index (χ3v) is 3.64. The molecule has 1 aromatic rings. The summed E-state index contributed by atoms with van der Waals surface area (Å²) in [6, 6.07) is 5.97. The Morgan fingerprint density at radius 3 is 2.94 bits per heavy atom. The second kappa shape index (κ2) is 5.48. The number of nitrogens with two attached hydrogens (primary N) is 1. The average Bonchev–Trinajstić information content (AvgIpc) is 2.37. The molecule has 2 atom stereocenters.